The van der Waals surface area contributed by atoms with Gasteiger partial charge in [-0.15, -0.1) is 22.0 Å². The van der Waals surface area contributed by atoms with Gasteiger partial charge in [-0.1, -0.05) is 43.4 Å². The summed E-state index contributed by atoms with van der Waals surface area (Å²) in [6.45, 7) is 5.37. The molecule has 1 aromatic carbocycles. The van der Waals surface area contributed by atoms with E-state index < -0.39 is 0 Å². The Labute approximate surface area is 129 Å². The van der Waals surface area contributed by atoms with E-state index in [1.807, 2.05) is 0 Å². The molecule has 0 saturated carbocycles. The number of aromatic nitrogens is 2. The highest BCUT2D eigenvalue weighted by molar-refractivity contribution is 7.98. The minimum absolute atomic E-state index is 0.549. The molecular weight excluding hydrogens is 286 g/mol. The molecule has 0 radical (unpaired) electrons. The number of nitrogens with zero attached hydrogens (tertiary/aromatic N) is 2. The van der Waals surface area contributed by atoms with Gasteiger partial charge >= 0.3 is 0 Å². The van der Waals surface area contributed by atoms with Crippen LogP contribution in [0.3, 0.4) is 0 Å². The summed E-state index contributed by atoms with van der Waals surface area (Å²) in [6, 6.07) is 8.93. The first-order valence-electron chi connectivity index (χ1n) is 6.90. The molecule has 0 fully saturated rings. The van der Waals surface area contributed by atoms with E-state index in [1.165, 1.54) is 10.5 Å². The van der Waals surface area contributed by atoms with Gasteiger partial charge in [-0.25, -0.2) is 0 Å². The summed E-state index contributed by atoms with van der Waals surface area (Å²) >= 11 is 3.46. The fourth-order valence-electron chi connectivity index (χ4n) is 1.92. The van der Waals surface area contributed by atoms with Crippen molar-refractivity contribution in [3.63, 3.8) is 0 Å². The Kier molecular flexibility index (Phi) is 6.01. The van der Waals surface area contributed by atoms with Gasteiger partial charge in [0.25, 0.3) is 0 Å². The number of rotatable bonds is 7. The standard InChI is InChI=1S/C15H21N3S2/c1-11(2)16-10-6-9-14-17-18-15(20-14)12-7-4-5-8-13(12)19-3/h4-5,7-8,11,16H,6,9-10H2,1-3H3. The lowest BCUT2D eigenvalue weighted by Gasteiger charge is -2.05. The highest BCUT2D eigenvalue weighted by Crippen LogP contribution is 2.32. The average Bonchev–Trinajstić information content (AvgIpc) is 2.92. The van der Waals surface area contributed by atoms with Crippen LogP contribution in [0.4, 0.5) is 0 Å². The van der Waals surface area contributed by atoms with Gasteiger partial charge in [0.2, 0.25) is 0 Å². The zero-order valence-corrected chi connectivity index (χ0v) is 13.9. The van der Waals surface area contributed by atoms with Crippen molar-refractivity contribution < 1.29 is 0 Å². The molecule has 3 nitrogen and oxygen atoms in total. The zero-order chi connectivity index (χ0) is 14.4. The van der Waals surface area contributed by atoms with Crippen LogP contribution in [0.15, 0.2) is 29.2 Å². The van der Waals surface area contributed by atoms with Crippen LogP contribution in [-0.4, -0.2) is 29.0 Å². The molecule has 5 heteroatoms. The van der Waals surface area contributed by atoms with E-state index in [2.05, 4.69) is 59.9 Å². The molecule has 0 amide bonds. The van der Waals surface area contributed by atoms with Crippen LogP contribution in [0.5, 0.6) is 0 Å². The molecule has 0 spiro atoms. The Morgan fingerprint density at radius 1 is 1.25 bits per heavy atom. The second-order valence-corrected chi connectivity index (χ2v) is 6.82. The molecule has 1 aromatic heterocycles. The van der Waals surface area contributed by atoms with Gasteiger partial charge in [0.15, 0.2) is 0 Å². The third-order valence-electron chi connectivity index (χ3n) is 2.92. The van der Waals surface area contributed by atoms with Crippen molar-refractivity contribution in [2.24, 2.45) is 0 Å². The highest BCUT2D eigenvalue weighted by atomic mass is 32.2. The Hall–Kier alpha value is -0.910. The van der Waals surface area contributed by atoms with Crippen molar-refractivity contribution in [2.45, 2.75) is 37.6 Å². The zero-order valence-electron chi connectivity index (χ0n) is 12.2. The summed E-state index contributed by atoms with van der Waals surface area (Å²) in [5.74, 6) is 0. The number of hydrogen-bond donors (Lipinski definition) is 1. The molecule has 2 aromatic rings. The predicted molar refractivity (Wildman–Crippen MR) is 88.6 cm³/mol. The largest absolute Gasteiger partial charge is 0.315 e. The average molecular weight is 307 g/mol. The smallest absolute Gasteiger partial charge is 0.148 e. The third kappa shape index (κ3) is 4.30. The van der Waals surface area contributed by atoms with Crippen LogP contribution in [-0.2, 0) is 6.42 Å². The van der Waals surface area contributed by atoms with Crippen molar-refractivity contribution in [2.75, 3.05) is 12.8 Å². The molecule has 2 rings (SSSR count). The number of nitrogens with one attached hydrogen (secondary N) is 1. The van der Waals surface area contributed by atoms with Crippen LogP contribution in [0.25, 0.3) is 10.6 Å². The molecule has 0 unspecified atom stereocenters. The highest BCUT2D eigenvalue weighted by Gasteiger charge is 2.10. The summed E-state index contributed by atoms with van der Waals surface area (Å²) in [5, 5.41) is 14.2. The fraction of sp³-hybridized carbons (Fsp3) is 0.467. The SMILES string of the molecule is CSc1ccccc1-c1nnc(CCCNC(C)C)s1. The van der Waals surface area contributed by atoms with Crippen LogP contribution < -0.4 is 5.32 Å². The van der Waals surface area contributed by atoms with Gasteiger partial charge < -0.3 is 5.32 Å². The second kappa shape index (κ2) is 7.76. The minimum atomic E-state index is 0.549. The van der Waals surface area contributed by atoms with Gasteiger partial charge in [-0.3, -0.25) is 0 Å². The molecule has 0 aliphatic carbocycles. The van der Waals surface area contributed by atoms with Crippen LogP contribution in [0.1, 0.15) is 25.3 Å². The first kappa shape index (κ1) is 15.5. The second-order valence-electron chi connectivity index (χ2n) is 4.91. The van der Waals surface area contributed by atoms with E-state index in [4.69, 9.17) is 0 Å². The number of thioether (sulfide) groups is 1. The fourth-order valence-corrected chi connectivity index (χ4v) is 3.50. The quantitative estimate of drug-likeness (QED) is 0.622. The summed E-state index contributed by atoms with van der Waals surface area (Å²) < 4.78 is 0. The van der Waals surface area contributed by atoms with Gasteiger partial charge in [0.1, 0.15) is 10.0 Å². The van der Waals surface area contributed by atoms with Crippen LogP contribution in [0.2, 0.25) is 0 Å². The van der Waals surface area contributed by atoms with Gasteiger partial charge in [0.05, 0.1) is 0 Å². The van der Waals surface area contributed by atoms with E-state index in [0.29, 0.717) is 6.04 Å². The molecule has 108 valence electrons. The van der Waals surface area contributed by atoms with E-state index in [1.54, 1.807) is 23.1 Å². The first-order chi connectivity index (χ1) is 9.70. The minimum Gasteiger partial charge on any atom is -0.315 e. The van der Waals surface area contributed by atoms with Crippen LogP contribution >= 0.6 is 23.1 Å². The maximum Gasteiger partial charge on any atom is 0.148 e. The van der Waals surface area contributed by atoms with E-state index >= 15 is 0 Å². The normalized spacial score (nSPS) is 11.2. The third-order valence-corrected chi connectivity index (χ3v) is 4.74. The van der Waals surface area contributed by atoms with Crippen LogP contribution in [0, 0.1) is 0 Å². The molecule has 0 bridgehead atoms. The lowest BCUT2D eigenvalue weighted by Crippen LogP contribution is -2.23. The summed E-state index contributed by atoms with van der Waals surface area (Å²) in [5.41, 5.74) is 1.20. The van der Waals surface area contributed by atoms with Crippen molar-refractivity contribution in [3.8, 4) is 10.6 Å². The van der Waals surface area contributed by atoms with E-state index in [9.17, 15) is 0 Å². The van der Waals surface area contributed by atoms with Crippen molar-refractivity contribution in [1.82, 2.24) is 15.5 Å². The lowest BCUT2D eigenvalue weighted by atomic mass is 10.2. The topological polar surface area (TPSA) is 37.8 Å². The Morgan fingerprint density at radius 3 is 2.80 bits per heavy atom. The Bertz CT molecular complexity index is 537. The molecular formula is C15H21N3S2. The molecule has 0 saturated heterocycles. The molecule has 1 heterocycles. The van der Waals surface area contributed by atoms with Crippen molar-refractivity contribution >= 4 is 23.1 Å². The summed E-state index contributed by atoms with van der Waals surface area (Å²) in [4.78, 5) is 1.26. The first-order valence-corrected chi connectivity index (χ1v) is 8.94. The maximum atomic E-state index is 4.34. The lowest BCUT2D eigenvalue weighted by molar-refractivity contribution is 0.569. The van der Waals surface area contributed by atoms with E-state index in [-0.39, 0.29) is 0 Å². The molecule has 0 aliphatic heterocycles. The molecule has 0 atom stereocenters. The molecule has 20 heavy (non-hydrogen) atoms. The maximum absolute atomic E-state index is 4.34. The van der Waals surface area contributed by atoms with Gasteiger partial charge in [0, 0.05) is 22.9 Å². The van der Waals surface area contributed by atoms with Crippen molar-refractivity contribution in [3.05, 3.63) is 29.3 Å². The van der Waals surface area contributed by atoms with E-state index in [0.717, 1.165) is 29.4 Å². The van der Waals surface area contributed by atoms with Gasteiger partial charge in [-0.2, -0.15) is 0 Å². The number of aryl methyl sites for hydroxylation is 1. The summed E-state index contributed by atoms with van der Waals surface area (Å²) in [7, 11) is 0. The monoisotopic (exact) mass is 307 g/mol. The van der Waals surface area contributed by atoms with Gasteiger partial charge in [-0.05, 0) is 25.3 Å². The van der Waals surface area contributed by atoms with Crippen molar-refractivity contribution in [1.29, 1.82) is 0 Å². The molecule has 0 aliphatic rings. The number of hydrogen-bond acceptors (Lipinski definition) is 5. The Morgan fingerprint density at radius 2 is 2.05 bits per heavy atom. The predicted octanol–water partition coefficient (Wildman–Crippen LogP) is 3.86. The Balaban J connectivity index is 1.98. The molecule has 1 N–H and O–H groups in total. The number of benzene rings is 1. The summed E-state index contributed by atoms with van der Waals surface area (Å²) in [6.07, 6.45) is 4.20.